The highest BCUT2D eigenvalue weighted by atomic mass is 32.2. The Kier molecular flexibility index (Phi) is 5.04. The molecular formula is C13H18N2O2S. The maximum Gasteiger partial charge on any atom is 0.238 e. The summed E-state index contributed by atoms with van der Waals surface area (Å²) in [5, 5.41) is 15.7. The van der Waals surface area contributed by atoms with E-state index in [0.717, 1.165) is 17.2 Å². The summed E-state index contributed by atoms with van der Waals surface area (Å²) in [7, 11) is 0. The van der Waals surface area contributed by atoms with Crippen molar-refractivity contribution < 1.29 is 9.90 Å². The predicted octanol–water partition coefficient (Wildman–Crippen LogP) is 0.369. The Balaban J connectivity index is 1.71. The molecule has 4 nitrogen and oxygen atoms in total. The van der Waals surface area contributed by atoms with Crippen LogP contribution in [0.5, 0.6) is 0 Å². The number of carbonyl (C=O) groups excluding carboxylic acids is 1. The minimum atomic E-state index is -0.537. The lowest BCUT2D eigenvalue weighted by Gasteiger charge is -2.14. The van der Waals surface area contributed by atoms with Gasteiger partial charge in [0.2, 0.25) is 5.91 Å². The average Bonchev–Trinajstić information content (AvgIpc) is 2.91. The smallest absolute Gasteiger partial charge is 0.238 e. The molecule has 2 atom stereocenters. The molecule has 0 bridgehead atoms. The van der Waals surface area contributed by atoms with E-state index in [-0.39, 0.29) is 11.9 Å². The van der Waals surface area contributed by atoms with E-state index in [0.29, 0.717) is 13.0 Å². The van der Waals surface area contributed by atoms with Crippen LogP contribution in [0.15, 0.2) is 30.3 Å². The maximum absolute atomic E-state index is 11.7. The lowest BCUT2D eigenvalue weighted by molar-refractivity contribution is -0.122. The second-order valence-corrected chi connectivity index (χ2v) is 5.39. The molecule has 0 saturated carbocycles. The lowest BCUT2D eigenvalue weighted by atomic mass is 10.1. The van der Waals surface area contributed by atoms with E-state index in [2.05, 4.69) is 10.6 Å². The maximum atomic E-state index is 11.7. The molecule has 1 heterocycles. The average molecular weight is 266 g/mol. The first-order valence-corrected chi connectivity index (χ1v) is 7.22. The van der Waals surface area contributed by atoms with Crippen molar-refractivity contribution in [1.29, 1.82) is 0 Å². The molecule has 2 rings (SSSR count). The Labute approximate surface area is 111 Å². The van der Waals surface area contributed by atoms with Gasteiger partial charge >= 0.3 is 0 Å². The van der Waals surface area contributed by atoms with Crippen molar-refractivity contribution in [3.8, 4) is 0 Å². The molecule has 3 N–H and O–H groups in total. The monoisotopic (exact) mass is 266 g/mol. The van der Waals surface area contributed by atoms with Crippen LogP contribution in [-0.4, -0.2) is 41.3 Å². The van der Waals surface area contributed by atoms with E-state index < -0.39 is 6.10 Å². The molecule has 1 fully saturated rings. The molecule has 5 heteroatoms. The van der Waals surface area contributed by atoms with Crippen LogP contribution < -0.4 is 10.6 Å². The first kappa shape index (κ1) is 13.4. The summed E-state index contributed by atoms with van der Waals surface area (Å²) < 4.78 is 0. The van der Waals surface area contributed by atoms with Gasteiger partial charge < -0.3 is 10.4 Å². The van der Waals surface area contributed by atoms with E-state index >= 15 is 0 Å². The number of amides is 1. The number of thioether (sulfide) groups is 1. The topological polar surface area (TPSA) is 61.4 Å². The third kappa shape index (κ3) is 4.01. The van der Waals surface area contributed by atoms with Gasteiger partial charge in [0.1, 0.15) is 0 Å². The quantitative estimate of drug-likeness (QED) is 0.720. The van der Waals surface area contributed by atoms with Gasteiger partial charge in [-0.05, 0) is 5.56 Å². The third-order valence-corrected chi connectivity index (χ3v) is 3.80. The van der Waals surface area contributed by atoms with Gasteiger partial charge in [-0.2, -0.15) is 0 Å². The highest BCUT2D eigenvalue weighted by Gasteiger charge is 2.22. The fourth-order valence-electron chi connectivity index (χ4n) is 1.86. The number of rotatable bonds is 5. The summed E-state index contributed by atoms with van der Waals surface area (Å²) in [5.41, 5.74) is 1.08. The van der Waals surface area contributed by atoms with Gasteiger partial charge in [0.15, 0.2) is 0 Å². The van der Waals surface area contributed by atoms with Crippen molar-refractivity contribution in [2.24, 2.45) is 0 Å². The number of hydrogen-bond donors (Lipinski definition) is 3. The fourth-order valence-corrected chi connectivity index (χ4v) is 2.81. The zero-order valence-corrected chi connectivity index (χ0v) is 11.0. The van der Waals surface area contributed by atoms with E-state index in [1.54, 1.807) is 11.8 Å². The van der Waals surface area contributed by atoms with Crippen LogP contribution in [0.25, 0.3) is 0 Å². The van der Waals surface area contributed by atoms with Crippen LogP contribution in [0.3, 0.4) is 0 Å². The van der Waals surface area contributed by atoms with Crippen molar-refractivity contribution in [1.82, 2.24) is 10.6 Å². The van der Waals surface area contributed by atoms with Crippen molar-refractivity contribution >= 4 is 17.7 Å². The third-order valence-electron chi connectivity index (χ3n) is 2.86. The Morgan fingerprint density at radius 2 is 2.28 bits per heavy atom. The Hall–Kier alpha value is -1.04. The number of aliphatic hydroxyl groups excluding tert-OH is 1. The number of nitrogens with one attached hydrogen (secondary N) is 2. The summed E-state index contributed by atoms with van der Waals surface area (Å²) in [4.78, 5) is 11.7. The van der Waals surface area contributed by atoms with Gasteiger partial charge in [0.05, 0.1) is 12.1 Å². The first-order valence-electron chi connectivity index (χ1n) is 6.06. The van der Waals surface area contributed by atoms with Crippen LogP contribution >= 0.6 is 11.8 Å². The van der Waals surface area contributed by atoms with Gasteiger partial charge in [-0.25, -0.2) is 0 Å². The fraction of sp³-hybridized carbons (Fsp3) is 0.462. The Morgan fingerprint density at radius 3 is 2.94 bits per heavy atom. The molecule has 0 spiro atoms. The summed E-state index contributed by atoms with van der Waals surface area (Å²) in [6.07, 6.45) is 0.0268. The molecular weight excluding hydrogens is 248 g/mol. The SMILES string of the molecule is O=C(NCC(O)Cc1ccccc1)C1CSCN1. The molecule has 18 heavy (non-hydrogen) atoms. The number of carbonyl (C=O) groups is 1. The minimum absolute atomic E-state index is 0.0212. The summed E-state index contributed by atoms with van der Waals surface area (Å²) in [6.45, 7) is 0.302. The van der Waals surface area contributed by atoms with Crippen molar-refractivity contribution in [2.75, 3.05) is 18.2 Å². The van der Waals surface area contributed by atoms with Gasteiger partial charge in [0.25, 0.3) is 0 Å². The summed E-state index contributed by atoms with van der Waals surface area (Å²) >= 11 is 1.71. The zero-order chi connectivity index (χ0) is 12.8. The number of benzene rings is 1. The predicted molar refractivity (Wildman–Crippen MR) is 73.4 cm³/mol. The second kappa shape index (κ2) is 6.78. The second-order valence-electron chi connectivity index (χ2n) is 4.36. The minimum Gasteiger partial charge on any atom is -0.391 e. The number of hydrogen-bond acceptors (Lipinski definition) is 4. The van der Waals surface area contributed by atoms with Crippen LogP contribution in [0, 0.1) is 0 Å². The standard InChI is InChI=1S/C13H18N2O2S/c16-11(6-10-4-2-1-3-5-10)7-14-13(17)12-8-18-9-15-12/h1-5,11-12,15-16H,6-9H2,(H,14,17). The lowest BCUT2D eigenvalue weighted by Crippen LogP contribution is -2.44. The molecule has 1 amide bonds. The van der Waals surface area contributed by atoms with Gasteiger partial charge in [-0.1, -0.05) is 30.3 Å². The summed E-state index contributed by atoms with van der Waals surface area (Å²) in [5.74, 6) is 1.61. The van der Waals surface area contributed by atoms with Crippen LogP contribution in [0.4, 0.5) is 0 Å². The molecule has 1 saturated heterocycles. The van der Waals surface area contributed by atoms with Crippen LogP contribution in [-0.2, 0) is 11.2 Å². The van der Waals surface area contributed by atoms with Crippen LogP contribution in [0.2, 0.25) is 0 Å². The molecule has 0 aliphatic carbocycles. The van der Waals surface area contributed by atoms with Crippen molar-refractivity contribution in [3.05, 3.63) is 35.9 Å². The van der Waals surface area contributed by atoms with Gasteiger partial charge in [-0.15, -0.1) is 11.8 Å². The van der Waals surface area contributed by atoms with E-state index in [1.165, 1.54) is 0 Å². The molecule has 98 valence electrons. The molecule has 0 radical (unpaired) electrons. The summed E-state index contributed by atoms with van der Waals surface area (Å²) in [6, 6.07) is 9.67. The van der Waals surface area contributed by atoms with Crippen molar-refractivity contribution in [3.63, 3.8) is 0 Å². The van der Waals surface area contributed by atoms with Crippen molar-refractivity contribution in [2.45, 2.75) is 18.6 Å². The molecule has 1 aromatic rings. The normalized spacial score (nSPS) is 20.6. The van der Waals surface area contributed by atoms with Gasteiger partial charge in [0, 0.05) is 24.6 Å². The van der Waals surface area contributed by atoms with Gasteiger partial charge in [-0.3, -0.25) is 10.1 Å². The molecule has 0 aromatic heterocycles. The molecule has 1 aliphatic rings. The molecule has 1 aromatic carbocycles. The Morgan fingerprint density at radius 1 is 1.50 bits per heavy atom. The van der Waals surface area contributed by atoms with E-state index in [4.69, 9.17) is 0 Å². The largest absolute Gasteiger partial charge is 0.391 e. The zero-order valence-electron chi connectivity index (χ0n) is 10.1. The Bertz CT molecular complexity index is 380. The number of aliphatic hydroxyl groups is 1. The highest BCUT2D eigenvalue weighted by molar-refractivity contribution is 7.99. The highest BCUT2D eigenvalue weighted by Crippen LogP contribution is 2.09. The molecule has 2 unspecified atom stereocenters. The van der Waals surface area contributed by atoms with E-state index in [1.807, 2.05) is 30.3 Å². The van der Waals surface area contributed by atoms with Crippen LogP contribution in [0.1, 0.15) is 5.56 Å². The van der Waals surface area contributed by atoms with E-state index in [9.17, 15) is 9.90 Å². The molecule has 1 aliphatic heterocycles. The first-order chi connectivity index (χ1) is 8.75.